The molecule has 3 aromatic rings. The van der Waals surface area contributed by atoms with Crippen molar-refractivity contribution in [2.24, 2.45) is 0 Å². The Morgan fingerprint density at radius 3 is 2.61 bits per heavy atom. The van der Waals surface area contributed by atoms with Crippen LogP contribution in [0.5, 0.6) is 0 Å². The molecule has 166 valence electrons. The zero-order valence-corrected chi connectivity index (χ0v) is 18.3. The molecule has 0 atom stereocenters. The number of aliphatic hydroxyl groups is 1. The van der Waals surface area contributed by atoms with Gasteiger partial charge in [-0.2, -0.15) is 4.31 Å². The molecule has 0 fully saturated rings. The number of carbonyl (C=O) groups is 1. The average Bonchev–Trinajstić information content (AvgIpc) is 3.15. The van der Waals surface area contributed by atoms with Crippen molar-refractivity contribution in [3.8, 4) is 11.1 Å². The molecule has 31 heavy (non-hydrogen) atoms. The van der Waals surface area contributed by atoms with Crippen LogP contribution < -0.4 is 0 Å². The molecule has 0 radical (unpaired) electrons. The van der Waals surface area contributed by atoms with Crippen molar-refractivity contribution in [1.29, 1.82) is 0 Å². The lowest BCUT2D eigenvalue weighted by Crippen LogP contribution is -2.26. The molecule has 1 aliphatic rings. The molecule has 0 bridgehead atoms. The standard InChI is InChI=1S/C22H25FN2O5S/c1-22(2,3)30-21(27)25-13-18(17-6-5-16(23)11-19(17)25)14-4-7-20-15(10-14)12-24(8-9-26)31(20,28)29/h4-7,10-11,13,26,28-29H,8-9,12H2,1-3H3. The van der Waals surface area contributed by atoms with Gasteiger partial charge in [-0.3, -0.25) is 13.7 Å². The molecule has 7 nitrogen and oxygen atoms in total. The van der Waals surface area contributed by atoms with Gasteiger partial charge >= 0.3 is 6.09 Å². The minimum absolute atomic E-state index is 0.142. The second kappa shape index (κ2) is 7.61. The largest absolute Gasteiger partial charge is 0.443 e. The predicted molar refractivity (Wildman–Crippen MR) is 118 cm³/mol. The minimum Gasteiger partial charge on any atom is -0.443 e. The number of hydrogen-bond donors (Lipinski definition) is 3. The highest BCUT2D eigenvalue weighted by molar-refractivity contribution is 8.22. The van der Waals surface area contributed by atoms with E-state index in [1.165, 1.54) is 21.0 Å². The first-order valence-electron chi connectivity index (χ1n) is 9.83. The first-order valence-corrected chi connectivity index (χ1v) is 11.3. The van der Waals surface area contributed by atoms with E-state index in [-0.39, 0.29) is 19.7 Å². The van der Waals surface area contributed by atoms with Gasteiger partial charge in [-0.1, -0.05) is 6.07 Å². The number of aromatic nitrogens is 1. The number of aliphatic hydroxyl groups excluding tert-OH is 1. The lowest BCUT2D eigenvalue weighted by Gasteiger charge is -2.36. The molecule has 2 heterocycles. The first kappa shape index (κ1) is 21.8. The highest BCUT2D eigenvalue weighted by atomic mass is 32.3. The van der Waals surface area contributed by atoms with Crippen LogP contribution in [0.3, 0.4) is 0 Å². The lowest BCUT2D eigenvalue weighted by atomic mass is 10.0. The number of halogens is 1. The summed E-state index contributed by atoms with van der Waals surface area (Å²) in [6.07, 6.45) is 0.997. The van der Waals surface area contributed by atoms with E-state index in [0.29, 0.717) is 21.4 Å². The predicted octanol–water partition coefficient (Wildman–Crippen LogP) is 5.06. The monoisotopic (exact) mass is 448 g/mol. The molecule has 3 N–H and O–H groups in total. The fraction of sp³-hybridized carbons (Fsp3) is 0.318. The van der Waals surface area contributed by atoms with Crippen molar-refractivity contribution < 1.29 is 28.1 Å². The van der Waals surface area contributed by atoms with Crippen LogP contribution >= 0.6 is 10.8 Å². The highest BCUT2D eigenvalue weighted by Crippen LogP contribution is 2.58. The zero-order valence-electron chi connectivity index (χ0n) is 17.5. The second-order valence-corrected chi connectivity index (χ2v) is 10.5. The Morgan fingerprint density at radius 1 is 1.19 bits per heavy atom. The molecule has 9 heteroatoms. The number of β-amino-alcohol motifs (C(OH)–C–C–N with tert-alkyl or cyclic N) is 1. The normalized spacial score (nSPS) is 17.0. The summed E-state index contributed by atoms with van der Waals surface area (Å²) in [5.74, 6) is -0.468. The van der Waals surface area contributed by atoms with Crippen LogP contribution in [0.25, 0.3) is 22.0 Å². The van der Waals surface area contributed by atoms with Crippen molar-refractivity contribution in [1.82, 2.24) is 8.87 Å². The van der Waals surface area contributed by atoms with Crippen molar-refractivity contribution in [2.75, 3.05) is 13.2 Å². The van der Waals surface area contributed by atoms with Crippen LogP contribution in [-0.4, -0.2) is 47.9 Å². The fourth-order valence-electron chi connectivity index (χ4n) is 3.77. The summed E-state index contributed by atoms with van der Waals surface area (Å²) in [7, 11) is -3.14. The third-order valence-electron chi connectivity index (χ3n) is 5.08. The summed E-state index contributed by atoms with van der Waals surface area (Å²) in [6.45, 7) is 5.51. The van der Waals surface area contributed by atoms with Crippen LogP contribution in [0, 0.1) is 5.82 Å². The molecular formula is C22H25FN2O5S. The van der Waals surface area contributed by atoms with Crippen LogP contribution in [0.4, 0.5) is 9.18 Å². The molecular weight excluding hydrogens is 423 g/mol. The van der Waals surface area contributed by atoms with E-state index in [2.05, 4.69) is 0 Å². The smallest absolute Gasteiger partial charge is 0.419 e. The maximum atomic E-state index is 14.0. The van der Waals surface area contributed by atoms with Crippen LogP contribution in [0.1, 0.15) is 26.3 Å². The third-order valence-corrected chi connectivity index (χ3v) is 7.10. The second-order valence-electron chi connectivity index (χ2n) is 8.48. The quantitative estimate of drug-likeness (QED) is 0.518. The molecule has 0 spiro atoms. The molecule has 4 rings (SSSR count). The molecule has 2 aromatic carbocycles. The number of nitrogens with zero attached hydrogens (tertiary/aromatic N) is 2. The van der Waals surface area contributed by atoms with E-state index >= 15 is 0 Å². The summed E-state index contributed by atoms with van der Waals surface area (Å²) in [5.41, 5.74) is 1.85. The summed E-state index contributed by atoms with van der Waals surface area (Å²) in [5, 5.41) is 9.89. The maximum Gasteiger partial charge on any atom is 0.419 e. The summed E-state index contributed by atoms with van der Waals surface area (Å²) < 4.78 is 43.2. The van der Waals surface area contributed by atoms with Gasteiger partial charge < -0.3 is 9.84 Å². The van der Waals surface area contributed by atoms with E-state index in [9.17, 15) is 23.4 Å². The lowest BCUT2D eigenvalue weighted by molar-refractivity contribution is 0.0544. The minimum atomic E-state index is -3.14. The number of benzene rings is 2. The molecule has 1 aromatic heterocycles. The first-order chi connectivity index (χ1) is 14.5. The Hall–Kier alpha value is -2.43. The van der Waals surface area contributed by atoms with Crippen LogP contribution in [0.15, 0.2) is 47.5 Å². The van der Waals surface area contributed by atoms with Crippen molar-refractivity contribution in [2.45, 2.75) is 37.8 Å². The van der Waals surface area contributed by atoms with Crippen LogP contribution in [-0.2, 0) is 11.3 Å². The molecule has 0 saturated heterocycles. The van der Waals surface area contributed by atoms with Gasteiger partial charge in [-0.05, 0) is 62.2 Å². The van der Waals surface area contributed by atoms with E-state index in [1.807, 2.05) is 6.07 Å². The molecule has 0 amide bonds. The molecule has 0 unspecified atom stereocenters. The van der Waals surface area contributed by atoms with Gasteiger partial charge in [0, 0.05) is 30.2 Å². The van der Waals surface area contributed by atoms with Gasteiger partial charge in [-0.25, -0.2) is 9.18 Å². The van der Waals surface area contributed by atoms with E-state index in [0.717, 1.165) is 11.1 Å². The summed E-state index contributed by atoms with van der Waals surface area (Å²) in [6, 6.07) is 9.46. The number of fused-ring (bicyclic) bond motifs is 2. The van der Waals surface area contributed by atoms with Gasteiger partial charge in [0.25, 0.3) is 0 Å². The zero-order chi connectivity index (χ0) is 22.6. The average molecular weight is 449 g/mol. The molecule has 0 saturated carbocycles. The number of rotatable bonds is 3. The Balaban J connectivity index is 1.82. The third kappa shape index (κ3) is 3.95. The molecule has 0 aliphatic carbocycles. The van der Waals surface area contributed by atoms with Gasteiger partial charge in [0.05, 0.1) is 17.0 Å². The maximum absolute atomic E-state index is 14.0. The fourth-order valence-corrected chi connectivity index (χ4v) is 5.43. The molecule has 1 aliphatic heterocycles. The van der Waals surface area contributed by atoms with Gasteiger partial charge in [0.1, 0.15) is 11.4 Å². The van der Waals surface area contributed by atoms with Gasteiger partial charge in [0.15, 0.2) is 0 Å². The van der Waals surface area contributed by atoms with E-state index < -0.39 is 28.3 Å². The van der Waals surface area contributed by atoms with Crippen molar-refractivity contribution in [3.63, 3.8) is 0 Å². The Morgan fingerprint density at radius 2 is 1.94 bits per heavy atom. The van der Waals surface area contributed by atoms with Gasteiger partial charge in [0.2, 0.25) is 0 Å². The van der Waals surface area contributed by atoms with Crippen molar-refractivity contribution >= 4 is 27.8 Å². The van der Waals surface area contributed by atoms with E-state index in [1.54, 1.807) is 45.2 Å². The highest BCUT2D eigenvalue weighted by Gasteiger charge is 2.35. The topological polar surface area (TPSA) is 95.2 Å². The van der Waals surface area contributed by atoms with Crippen LogP contribution in [0.2, 0.25) is 0 Å². The van der Waals surface area contributed by atoms with Gasteiger partial charge in [-0.15, -0.1) is 10.8 Å². The summed E-state index contributed by atoms with van der Waals surface area (Å²) >= 11 is 0. The van der Waals surface area contributed by atoms with Crippen molar-refractivity contribution in [3.05, 3.63) is 54.0 Å². The SMILES string of the molecule is CC(C)(C)OC(=O)n1cc(-c2ccc3c(c2)CN(CCO)S3(O)O)c2ccc(F)cc21. The number of ether oxygens (including phenoxy) is 1. The number of hydrogen-bond acceptors (Lipinski definition) is 6. The Labute approximate surface area is 181 Å². The number of carbonyl (C=O) groups excluding carboxylic acids is 1. The summed E-state index contributed by atoms with van der Waals surface area (Å²) in [4.78, 5) is 13.2. The Kier molecular flexibility index (Phi) is 5.35. The Bertz CT molecular complexity index is 1170. The van der Waals surface area contributed by atoms with E-state index in [4.69, 9.17) is 4.74 Å².